The second-order valence-corrected chi connectivity index (χ2v) is 5.66. The molecule has 0 unspecified atom stereocenters. The lowest BCUT2D eigenvalue weighted by atomic mass is 10.1. The highest BCUT2D eigenvalue weighted by Gasteiger charge is 2.14. The van der Waals surface area contributed by atoms with Gasteiger partial charge in [0.2, 0.25) is 0 Å². The standard InChI is InChI=1S/C14H15BrN2OS/c1-9-6-7-10(18-9)8-17(2)12-5-3-4-11(15)13(12)14(16)19/h3-7H,8H2,1-2H3,(H2,16,19). The summed E-state index contributed by atoms with van der Waals surface area (Å²) in [6, 6.07) is 9.83. The summed E-state index contributed by atoms with van der Waals surface area (Å²) >= 11 is 8.61. The first kappa shape index (κ1) is 14.1. The summed E-state index contributed by atoms with van der Waals surface area (Å²) in [4.78, 5) is 2.45. The second kappa shape index (κ2) is 5.75. The van der Waals surface area contributed by atoms with Crippen LogP contribution in [0.3, 0.4) is 0 Å². The number of halogens is 1. The molecule has 0 saturated heterocycles. The Bertz CT molecular complexity index is 609. The Hall–Kier alpha value is -1.33. The van der Waals surface area contributed by atoms with E-state index < -0.39 is 0 Å². The van der Waals surface area contributed by atoms with E-state index in [1.54, 1.807) is 0 Å². The number of benzene rings is 1. The lowest BCUT2D eigenvalue weighted by molar-refractivity contribution is 0.482. The van der Waals surface area contributed by atoms with Gasteiger partial charge in [-0.05, 0) is 47.1 Å². The molecule has 2 rings (SSSR count). The molecule has 1 aromatic heterocycles. The van der Waals surface area contributed by atoms with Crippen LogP contribution in [0.2, 0.25) is 0 Å². The molecule has 0 fully saturated rings. The number of nitrogens with two attached hydrogens (primary N) is 1. The summed E-state index contributed by atoms with van der Waals surface area (Å²) in [5.74, 6) is 1.82. The zero-order chi connectivity index (χ0) is 14.0. The molecule has 0 atom stereocenters. The van der Waals surface area contributed by atoms with Gasteiger partial charge in [0.15, 0.2) is 0 Å². The van der Waals surface area contributed by atoms with Gasteiger partial charge in [-0.2, -0.15) is 0 Å². The average molecular weight is 339 g/mol. The summed E-state index contributed by atoms with van der Waals surface area (Å²) in [5, 5.41) is 0. The SMILES string of the molecule is Cc1ccc(CN(C)c2cccc(Br)c2C(N)=S)o1. The van der Waals surface area contributed by atoms with Crippen LogP contribution in [-0.2, 0) is 6.54 Å². The fourth-order valence-corrected chi connectivity index (χ4v) is 2.88. The van der Waals surface area contributed by atoms with Crippen LogP contribution in [0.5, 0.6) is 0 Å². The Labute approximate surface area is 126 Å². The fraction of sp³-hybridized carbons (Fsp3) is 0.214. The molecule has 1 aromatic carbocycles. The van der Waals surface area contributed by atoms with Crippen molar-refractivity contribution in [3.8, 4) is 0 Å². The van der Waals surface area contributed by atoms with E-state index in [0.29, 0.717) is 11.5 Å². The summed E-state index contributed by atoms with van der Waals surface area (Å²) in [7, 11) is 1.99. The van der Waals surface area contributed by atoms with Crippen molar-refractivity contribution in [3.05, 3.63) is 51.9 Å². The van der Waals surface area contributed by atoms with Gasteiger partial charge in [-0.15, -0.1) is 0 Å². The quantitative estimate of drug-likeness (QED) is 0.864. The molecule has 0 aliphatic rings. The first-order valence-electron chi connectivity index (χ1n) is 5.84. The molecular formula is C14H15BrN2OS. The van der Waals surface area contributed by atoms with E-state index in [9.17, 15) is 0 Å². The normalized spacial score (nSPS) is 10.5. The lowest BCUT2D eigenvalue weighted by Crippen LogP contribution is -2.21. The van der Waals surface area contributed by atoms with Gasteiger partial charge in [0, 0.05) is 22.8 Å². The van der Waals surface area contributed by atoms with Crippen LogP contribution in [-0.4, -0.2) is 12.0 Å². The summed E-state index contributed by atoms with van der Waals surface area (Å²) in [6.07, 6.45) is 0. The number of anilines is 1. The van der Waals surface area contributed by atoms with E-state index in [1.165, 1.54) is 0 Å². The number of furan rings is 1. The molecule has 1 heterocycles. The van der Waals surface area contributed by atoms with Gasteiger partial charge in [-0.1, -0.05) is 18.3 Å². The van der Waals surface area contributed by atoms with Crippen molar-refractivity contribution in [1.29, 1.82) is 0 Å². The lowest BCUT2D eigenvalue weighted by Gasteiger charge is -2.21. The molecule has 0 aliphatic carbocycles. The molecule has 0 bridgehead atoms. The molecule has 100 valence electrons. The summed E-state index contributed by atoms with van der Waals surface area (Å²) in [5.41, 5.74) is 7.63. The van der Waals surface area contributed by atoms with Crippen molar-refractivity contribution in [2.75, 3.05) is 11.9 Å². The maximum absolute atomic E-state index is 5.80. The third-order valence-corrected chi connectivity index (χ3v) is 3.70. The predicted molar refractivity (Wildman–Crippen MR) is 85.6 cm³/mol. The topological polar surface area (TPSA) is 42.4 Å². The van der Waals surface area contributed by atoms with E-state index in [0.717, 1.165) is 27.2 Å². The Morgan fingerprint density at radius 3 is 2.68 bits per heavy atom. The summed E-state index contributed by atoms with van der Waals surface area (Å²) in [6.45, 7) is 2.60. The Kier molecular flexibility index (Phi) is 4.27. The van der Waals surface area contributed by atoms with Crippen LogP contribution in [0.25, 0.3) is 0 Å². The molecule has 0 amide bonds. The zero-order valence-electron chi connectivity index (χ0n) is 10.8. The molecule has 0 spiro atoms. The molecule has 2 N–H and O–H groups in total. The minimum atomic E-state index is 0.380. The number of hydrogen-bond acceptors (Lipinski definition) is 3. The third-order valence-electron chi connectivity index (χ3n) is 2.84. The smallest absolute Gasteiger partial charge is 0.123 e. The van der Waals surface area contributed by atoms with E-state index in [-0.39, 0.29) is 0 Å². The van der Waals surface area contributed by atoms with E-state index >= 15 is 0 Å². The highest BCUT2D eigenvalue weighted by molar-refractivity contribution is 9.10. The van der Waals surface area contributed by atoms with E-state index in [1.807, 2.05) is 44.3 Å². The van der Waals surface area contributed by atoms with Crippen molar-refractivity contribution in [3.63, 3.8) is 0 Å². The molecule has 3 nitrogen and oxygen atoms in total. The first-order valence-corrected chi connectivity index (χ1v) is 7.04. The van der Waals surface area contributed by atoms with Gasteiger partial charge in [-0.25, -0.2) is 0 Å². The average Bonchev–Trinajstić information content (AvgIpc) is 2.73. The van der Waals surface area contributed by atoms with Gasteiger partial charge in [0.1, 0.15) is 16.5 Å². The van der Waals surface area contributed by atoms with Crippen molar-refractivity contribution in [2.45, 2.75) is 13.5 Å². The number of thiocarbonyl (C=S) groups is 1. The minimum Gasteiger partial charge on any atom is -0.464 e. The molecule has 0 saturated carbocycles. The number of nitrogens with zero attached hydrogens (tertiary/aromatic N) is 1. The van der Waals surface area contributed by atoms with Gasteiger partial charge < -0.3 is 15.1 Å². The highest BCUT2D eigenvalue weighted by Crippen LogP contribution is 2.28. The Morgan fingerprint density at radius 2 is 2.11 bits per heavy atom. The maximum Gasteiger partial charge on any atom is 0.123 e. The molecular weight excluding hydrogens is 324 g/mol. The van der Waals surface area contributed by atoms with Crippen molar-refractivity contribution in [1.82, 2.24) is 0 Å². The van der Waals surface area contributed by atoms with E-state index in [2.05, 4.69) is 20.8 Å². The van der Waals surface area contributed by atoms with Crippen LogP contribution in [0.15, 0.2) is 39.2 Å². The Morgan fingerprint density at radius 1 is 1.37 bits per heavy atom. The van der Waals surface area contributed by atoms with Crippen molar-refractivity contribution in [2.24, 2.45) is 5.73 Å². The monoisotopic (exact) mass is 338 g/mol. The first-order chi connectivity index (χ1) is 8.99. The Balaban J connectivity index is 2.31. The molecule has 0 aliphatic heterocycles. The van der Waals surface area contributed by atoms with Crippen molar-refractivity contribution < 1.29 is 4.42 Å². The fourth-order valence-electron chi connectivity index (χ4n) is 1.96. The molecule has 2 aromatic rings. The van der Waals surface area contributed by atoms with Gasteiger partial charge >= 0.3 is 0 Å². The summed E-state index contributed by atoms with van der Waals surface area (Å²) < 4.78 is 6.49. The van der Waals surface area contributed by atoms with Crippen LogP contribution in [0, 0.1) is 6.92 Å². The molecule has 19 heavy (non-hydrogen) atoms. The minimum absolute atomic E-state index is 0.380. The predicted octanol–water partition coefficient (Wildman–Crippen LogP) is 3.62. The third kappa shape index (κ3) is 3.16. The molecule has 0 radical (unpaired) electrons. The van der Waals surface area contributed by atoms with Crippen LogP contribution in [0.4, 0.5) is 5.69 Å². The van der Waals surface area contributed by atoms with Crippen molar-refractivity contribution >= 4 is 38.8 Å². The zero-order valence-corrected chi connectivity index (χ0v) is 13.2. The number of rotatable bonds is 4. The van der Waals surface area contributed by atoms with Crippen LogP contribution < -0.4 is 10.6 Å². The highest BCUT2D eigenvalue weighted by atomic mass is 79.9. The van der Waals surface area contributed by atoms with Gasteiger partial charge in [0.05, 0.1) is 6.54 Å². The van der Waals surface area contributed by atoms with Crippen LogP contribution in [0.1, 0.15) is 17.1 Å². The van der Waals surface area contributed by atoms with Crippen LogP contribution >= 0.6 is 28.1 Å². The van der Waals surface area contributed by atoms with Gasteiger partial charge in [0.25, 0.3) is 0 Å². The number of hydrogen-bond donors (Lipinski definition) is 1. The number of aryl methyl sites for hydroxylation is 1. The second-order valence-electron chi connectivity index (χ2n) is 4.37. The maximum atomic E-state index is 5.80. The largest absolute Gasteiger partial charge is 0.464 e. The molecule has 5 heteroatoms. The van der Waals surface area contributed by atoms with E-state index in [4.69, 9.17) is 22.4 Å². The van der Waals surface area contributed by atoms with Gasteiger partial charge in [-0.3, -0.25) is 0 Å².